The van der Waals surface area contributed by atoms with E-state index in [1.807, 2.05) is 50.1 Å². The van der Waals surface area contributed by atoms with Crippen molar-refractivity contribution < 1.29 is 22.7 Å². The minimum absolute atomic E-state index is 0.0991. The van der Waals surface area contributed by atoms with Gasteiger partial charge < -0.3 is 9.64 Å². The van der Waals surface area contributed by atoms with E-state index in [1.54, 1.807) is 10.9 Å². The molecule has 1 amide bonds. The number of pyridine rings is 1. The van der Waals surface area contributed by atoms with Crippen LogP contribution in [0.2, 0.25) is 0 Å². The SMILES string of the molecule is CCC(Oc1ccc(C(F)(F)F)cn1)C1CC(C)CN1C(=O)c1ccccc1-c1c(C)cnn1C. The summed E-state index contributed by atoms with van der Waals surface area (Å²) in [6.45, 7) is 6.55. The van der Waals surface area contributed by atoms with Gasteiger partial charge in [0.25, 0.3) is 5.91 Å². The second-order valence-corrected chi connectivity index (χ2v) is 9.16. The zero-order chi connectivity index (χ0) is 25.3. The van der Waals surface area contributed by atoms with Crippen molar-refractivity contribution in [1.29, 1.82) is 0 Å². The van der Waals surface area contributed by atoms with Crippen molar-refractivity contribution in [2.45, 2.75) is 51.9 Å². The van der Waals surface area contributed by atoms with E-state index >= 15 is 0 Å². The predicted molar refractivity (Wildman–Crippen MR) is 126 cm³/mol. The number of likely N-dealkylation sites (tertiary alicyclic amines) is 1. The summed E-state index contributed by atoms with van der Waals surface area (Å²) in [5.41, 5.74) is 2.43. The molecule has 0 radical (unpaired) electrons. The van der Waals surface area contributed by atoms with Crippen LogP contribution in [0.3, 0.4) is 0 Å². The average molecular weight is 487 g/mol. The van der Waals surface area contributed by atoms with Crippen LogP contribution in [-0.4, -0.2) is 44.3 Å². The van der Waals surface area contributed by atoms with E-state index in [1.165, 1.54) is 6.07 Å². The lowest BCUT2D eigenvalue weighted by Crippen LogP contribution is -2.45. The van der Waals surface area contributed by atoms with Gasteiger partial charge in [-0.05, 0) is 43.4 Å². The summed E-state index contributed by atoms with van der Waals surface area (Å²) in [5, 5.41) is 4.32. The quantitative estimate of drug-likeness (QED) is 0.461. The lowest BCUT2D eigenvalue weighted by Gasteiger charge is -2.31. The number of halogens is 3. The van der Waals surface area contributed by atoms with Gasteiger partial charge in [0, 0.05) is 37.0 Å². The van der Waals surface area contributed by atoms with Gasteiger partial charge in [-0.2, -0.15) is 18.3 Å². The fourth-order valence-electron chi connectivity index (χ4n) is 4.84. The Morgan fingerprint density at radius 1 is 1.20 bits per heavy atom. The van der Waals surface area contributed by atoms with Crippen molar-refractivity contribution >= 4 is 5.91 Å². The second kappa shape index (κ2) is 9.71. The number of aryl methyl sites for hydroxylation is 2. The van der Waals surface area contributed by atoms with Crippen LogP contribution in [-0.2, 0) is 13.2 Å². The average Bonchev–Trinajstić information content (AvgIpc) is 3.38. The zero-order valence-corrected chi connectivity index (χ0v) is 20.2. The van der Waals surface area contributed by atoms with Gasteiger partial charge in [-0.3, -0.25) is 9.48 Å². The Kier molecular flexibility index (Phi) is 6.87. The van der Waals surface area contributed by atoms with Crippen LogP contribution in [0.1, 0.15) is 48.2 Å². The first kappa shape index (κ1) is 24.8. The number of hydrogen-bond acceptors (Lipinski definition) is 4. The molecule has 4 rings (SSSR count). The third kappa shape index (κ3) is 5.04. The maximum atomic E-state index is 13.9. The van der Waals surface area contributed by atoms with E-state index in [9.17, 15) is 18.0 Å². The highest BCUT2D eigenvalue weighted by Gasteiger charge is 2.40. The van der Waals surface area contributed by atoms with Gasteiger partial charge in [0.15, 0.2) is 0 Å². The molecule has 2 aromatic heterocycles. The monoisotopic (exact) mass is 486 g/mol. The predicted octanol–water partition coefficient (Wildman–Crippen LogP) is 5.52. The summed E-state index contributed by atoms with van der Waals surface area (Å²) >= 11 is 0. The van der Waals surface area contributed by atoms with Crippen LogP contribution < -0.4 is 4.74 Å². The first-order chi connectivity index (χ1) is 16.6. The van der Waals surface area contributed by atoms with Crippen molar-refractivity contribution in [2.24, 2.45) is 13.0 Å². The molecule has 0 bridgehead atoms. The highest BCUT2D eigenvalue weighted by atomic mass is 19.4. The Balaban J connectivity index is 1.61. The van der Waals surface area contributed by atoms with Crippen LogP contribution in [0.5, 0.6) is 5.88 Å². The molecule has 1 aliphatic heterocycles. The summed E-state index contributed by atoms with van der Waals surface area (Å²) in [6.07, 6.45) is -1.01. The molecule has 0 N–H and O–H groups in total. The molecule has 0 saturated carbocycles. The fourth-order valence-corrected chi connectivity index (χ4v) is 4.84. The molecule has 186 valence electrons. The Morgan fingerprint density at radius 3 is 2.54 bits per heavy atom. The molecule has 3 unspecified atom stereocenters. The maximum absolute atomic E-state index is 13.9. The molecule has 1 saturated heterocycles. The molecule has 3 atom stereocenters. The summed E-state index contributed by atoms with van der Waals surface area (Å²) in [6, 6.07) is 9.45. The largest absolute Gasteiger partial charge is 0.472 e. The number of alkyl halides is 3. The number of nitrogens with zero attached hydrogens (tertiary/aromatic N) is 4. The van der Waals surface area contributed by atoms with Crippen molar-refractivity contribution in [3.05, 3.63) is 65.5 Å². The third-order valence-electron chi connectivity index (χ3n) is 6.52. The molecular weight excluding hydrogens is 457 g/mol. The van der Waals surface area contributed by atoms with Gasteiger partial charge in [0.1, 0.15) is 6.10 Å². The highest BCUT2D eigenvalue weighted by molar-refractivity contribution is 6.01. The Bertz CT molecular complexity index is 1170. The molecule has 3 aromatic rings. The van der Waals surface area contributed by atoms with Gasteiger partial charge in [0.05, 0.1) is 23.5 Å². The van der Waals surface area contributed by atoms with Gasteiger partial charge in [-0.15, -0.1) is 0 Å². The molecule has 9 heteroatoms. The highest BCUT2D eigenvalue weighted by Crippen LogP contribution is 2.34. The number of aromatic nitrogens is 3. The van der Waals surface area contributed by atoms with E-state index < -0.39 is 17.8 Å². The minimum Gasteiger partial charge on any atom is -0.472 e. The van der Waals surface area contributed by atoms with Crippen LogP contribution in [0.25, 0.3) is 11.3 Å². The number of carbonyl (C=O) groups is 1. The topological polar surface area (TPSA) is 60.2 Å². The van der Waals surface area contributed by atoms with E-state index in [0.717, 1.165) is 35.5 Å². The van der Waals surface area contributed by atoms with Crippen molar-refractivity contribution in [3.8, 4) is 17.1 Å². The Morgan fingerprint density at radius 2 is 1.94 bits per heavy atom. The number of benzene rings is 1. The Labute approximate surface area is 202 Å². The van der Waals surface area contributed by atoms with Crippen LogP contribution >= 0.6 is 0 Å². The summed E-state index contributed by atoms with van der Waals surface area (Å²) in [4.78, 5) is 19.6. The molecule has 1 aliphatic rings. The fraction of sp³-hybridized carbons (Fsp3) is 0.423. The number of carbonyl (C=O) groups excluding carboxylic acids is 1. The molecule has 1 aromatic carbocycles. The third-order valence-corrected chi connectivity index (χ3v) is 6.52. The van der Waals surface area contributed by atoms with Crippen LogP contribution in [0, 0.1) is 12.8 Å². The van der Waals surface area contributed by atoms with Gasteiger partial charge in [-0.25, -0.2) is 4.98 Å². The van der Waals surface area contributed by atoms with Crippen molar-refractivity contribution in [2.75, 3.05) is 6.54 Å². The zero-order valence-electron chi connectivity index (χ0n) is 20.2. The van der Waals surface area contributed by atoms with E-state index in [-0.39, 0.29) is 23.7 Å². The number of ether oxygens (including phenoxy) is 1. The smallest absolute Gasteiger partial charge is 0.417 e. The van der Waals surface area contributed by atoms with Crippen LogP contribution in [0.4, 0.5) is 13.2 Å². The summed E-state index contributed by atoms with van der Waals surface area (Å²) in [7, 11) is 1.85. The number of hydrogen-bond donors (Lipinski definition) is 0. The lowest BCUT2D eigenvalue weighted by molar-refractivity contribution is -0.137. The molecule has 0 aliphatic carbocycles. The van der Waals surface area contributed by atoms with Gasteiger partial charge in [-0.1, -0.05) is 32.0 Å². The Hall–Kier alpha value is -3.36. The first-order valence-corrected chi connectivity index (χ1v) is 11.7. The molecule has 3 heterocycles. The van der Waals surface area contributed by atoms with E-state index in [2.05, 4.69) is 17.0 Å². The van der Waals surface area contributed by atoms with E-state index in [4.69, 9.17) is 4.74 Å². The molecule has 1 fully saturated rings. The van der Waals surface area contributed by atoms with Gasteiger partial charge in [0.2, 0.25) is 5.88 Å². The lowest BCUT2D eigenvalue weighted by atomic mass is 9.99. The maximum Gasteiger partial charge on any atom is 0.417 e. The molecule has 35 heavy (non-hydrogen) atoms. The first-order valence-electron chi connectivity index (χ1n) is 11.7. The number of amides is 1. The van der Waals surface area contributed by atoms with Crippen molar-refractivity contribution in [3.63, 3.8) is 0 Å². The van der Waals surface area contributed by atoms with Gasteiger partial charge >= 0.3 is 6.18 Å². The van der Waals surface area contributed by atoms with Crippen LogP contribution in [0.15, 0.2) is 48.8 Å². The normalized spacial score (nSPS) is 19.1. The molecular formula is C26H29F3N4O2. The number of rotatable bonds is 6. The molecule has 6 nitrogen and oxygen atoms in total. The standard InChI is InChI=1S/C26H29F3N4O2/c1-5-22(35-23-11-10-18(14-30-23)26(27,28)29)21-12-16(2)15-33(21)25(34)20-9-7-6-8-19(20)24-17(3)13-31-32(24)4/h6-11,13-14,16,21-22H,5,12,15H2,1-4H3. The summed E-state index contributed by atoms with van der Waals surface area (Å²) in [5.74, 6) is 0.272. The molecule has 0 spiro atoms. The minimum atomic E-state index is -4.46. The van der Waals surface area contributed by atoms with Crippen molar-refractivity contribution in [1.82, 2.24) is 19.7 Å². The summed E-state index contributed by atoms with van der Waals surface area (Å²) < 4.78 is 46.5. The second-order valence-electron chi connectivity index (χ2n) is 9.16. The van der Waals surface area contributed by atoms with E-state index in [0.29, 0.717) is 18.5 Å².